The van der Waals surface area contributed by atoms with Crippen molar-refractivity contribution in [2.24, 2.45) is 0 Å². The van der Waals surface area contributed by atoms with Crippen LogP contribution in [0.4, 0.5) is 18.9 Å². The second-order valence-corrected chi connectivity index (χ2v) is 5.04. The van der Waals surface area contributed by atoms with E-state index in [0.717, 1.165) is 18.2 Å². The first-order chi connectivity index (χ1) is 11.0. The molecule has 1 heterocycles. The number of halogens is 3. The first kappa shape index (κ1) is 15.3. The highest BCUT2D eigenvalue weighted by Crippen LogP contribution is 2.34. The van der Waals surface area contributed by atoms with Gasteiger partial charge in [-0.3, -0.25) is 0 Å². The zero-order valence-electron chi connectivity index (χ0n) is 12.1. The molecule has 1 aliphatic heterocycles. The van der Waals surface area contributed by atoms with Gasteiger partial charge in [-0.25, -0.2) is 13.2 Å². The average molecular weight is 325 g/mol. The van der Waals surface area contributed by atoms with Gasteiger partial charge in [-0.2, -0.15) is 0 Å². The third-order valence-electron chi connectivity index (χ3n) is 3.32. The number of rotatable bonds is 0. The van der Waals surface area contributed by atoms with E-state index >= 15 is 0 Å². The average Bonchev–Trinajstić information content (AvgIpc) is 2.53. The van der Waals surface area contributed by atoms with E-state index < -0.39 is 17.5 Å². The maximum absolute atomic E-state index is 13.9. The van der Waals surface area contributed by atoms with Crippen molar-refractivity contribution in [3.8, 4) is 17.2 Å². The lowest BCUT2D eigenvalue weighted by Gasteiger charge is -2.14. The second kappa shape index (κ2) is 6.28. The van der Waals surface area contributed by atoms with Gasteiger partial charge in [-0.15, -0.1) is 0 Å². The molecule has 4 nitrogen and oxygen atoms in total. The van der Waals surface area contributed by atoms with E-state index in [1.54, 1.807) is 0 Å². The van der Waals surface area contributed by atoms with Crippen LogP contribution < -0.4 is 19.9 Å². The van der Waals surface area contributed by atoms with Crippen molar-refractivity contribution in [1.29, 1.82) is 0 Å². The summed E-state index contributed by atoms with van der Waals surface area (Å²) >= 11 is 0. The Morgan fingerprint density at radius 3 is 2.39 bits per heavy atom. The molecular weight excluding hydrogens is 311 g/mol. The van der Waals surface area contributed by atoms with E-state index in [-0.39, 0.29) is 48.3 Å². The van der Waals surface area contributed by atoms with Crippen LogP contribution in [0.2, 0.25) is 0 Å². The molecule has 7 heteroatoms. The van der Waals surface area contributed by atoms with Gasteiger partial charge in [-0.1, -0.05) is 0 Å². The zero-order valence-corrected chi connectivity index (χ0v) is 12.1. The number of benzene rings is 2. The van der Waals surface area contributed by atoms with Crippen LogP contribution in [0.3, 0.4) is 0 Å². The molecule has 0 radical (unpaired) electrons. The SMILES string of the molecule is Nc1cc2c(cc1F)OCCCOc1c(F)cc(F)cc1CO2. The van der Waals surface area contributed by atoms with E-state index in [4.69, 9.17) is 19.9 Å². The first-order valence-electron chi connectivity index (χ1n) is 7.00. The molecule has 2 N–H and O–H groups in total. The number of nitrogens with two attached hydrogens (primary N) is 1. The molecule has 23 heavy (non-hydrogen) atoms. The fraction of sp³-hybridized carbons (Fsp3) is 0.250. The smallest absolute Gasteiger partial charge is 0.168 e. The molecule has 3 rings (SSSR count). The summed E-state index contributed by atoms with van der Waals surface area (Å²) in [5, 5.41) is 0. The van der Waals surface area contributed by atoms with Crippen LogP contribution in [0.25, 0.3) is 0 Å². The standard InChI is InChI=1S/C16H14F3NO3/c17-10-4-9-8-23-15-7-13(20)11(18)6-14(15)21-2-1-3-22-16(9)12(19)5-10/h4-7H,1-3,8,20H2. The Kier molecular flexibility index (Phi) is 4.18. The van der Waals surface area contributed by atoms with Crippen LogP contribution >= 0.6 is 0 Å². The highest BCUT2D eigenvalue weighted by molar-refractivity contribution is 5.53. The minimum absolute atomic E-state index is 0.0649. The molecule has 0 atom stereocenters. The molecule has 0 spiro atoms. The monoisotopic (exact) mass is 325 g/mol. The van der Waals surface area contributed by atoms with Crippen molar-refractivity contribution in [3.05, 3.63) is 47.3 Å². The van der Waals surface area contributed by atoms with Crippen LogP contribution in [-0.4, -0.2) is 13.2 Å². The number of hydrogen-bond acceptors (Lipinski definition) is 4. The Labute approximate surface area is 130 Å². The molecule has 122 valence electrons. The van der Waals surface area contributed by atoms with E-state index in [9.17, 15) is 13.2 Å². The van der Waals surface area contributed by atoms with Gasteiger partial charge in [0.25, 0.3) is 0 Å². The van der Waals surface area contributed by atoms with Gasteiger partial charge in [0.2, 0.25) is 0 Å². The molecule has 0 bridgehead atoms. The maximum Gasteiger partial charge on any atom is 0.168 e. The number of anilines is 1. The number of ether oxygens (including phenoxy) is 3. The third-order valence-corrected chi connectivity index (χ3v) is 3.32. The van der Waals surface area contributed by atoms with E-state index in [2.05, 4.69) is 0 Å². The molecule has 0 unspecified atom stereocenters. The minimum Gasteiger partial charge on any atom is -0.490 e. The Balaban J connectivity index is 1.98. The summed E-state index contributed by atoms with van der Waals surface area (Å²) in [5.74, 6) is -1.86. The molecule has 0 aliphatic carbocycles. The molecular formula is C16H14F3NO3. The van der Waals surface area contributed by atoms with Gasteiger partial charge in [-0.05, 0) is 6.07 Å². The van der Waals surface area contributed by atoms with Gasteiger partial charge in [0.1, 0.15) is 18.2 Å². The van der Waals surface area contributed by atoms with Crippen LogP contribution in [0.5, 0.6) is 17.2 Å². The van der Waals surface area contributed by atoms with Crippen LogP contribution in [0.1, 0.15) is 12.0 Å². The van der Waals surface area contributed by atoms with Crippen LogP contribution in [0, 0.1) is 17.5 Å². The summed E-state index contributed by atoms with van der Waals surface area (Å²) in [6.45, 7) is 0.214. The van der Waals surface area contributed by atoms with Gasteiger partial charge in [0.15, 0.2) is 23.1 Å². The summed E-state index contributed by atoms with van der Waals surface area (Å²) in [5.41, 5.74) is 5.62. The summed E-state index contributed by atoms with van der Waals surface area (Å²) < 4.78 is 57.2. The minimum atomic E-state index is -0.803. The Bertz CT molecular complexity index is 737. The molecule has 0 fully saturated rings. The van der Waals surface area contributed by atoms with Gasteiger partial charge in [0.05, 0.1) is 18.9 Å². The van der Waals surface area contributed by atoms with E-state index in [0.29, 0.717) is 6.42 Å². The van der Waals surface area contributed by atoms with Crippen molar-refractivity contribution < 1.29 is 27.4 Å². The highest BCUT2D eigenvalue weighted by Gasteiger charge is 2.17. The zero-order chi connectivity index (χ0) is 16.4. The maximum atomic E-state index is 13.9. The van der Waals surface area contributed by atoms with Crippen molar-refractivity contribution in [3.63, 3.8) is 0 Å². The molecule has 0 saturated heterocycles. The lowest BCUT2D eigenvalue weighted by Crippen LogP contribution is -2.07. The van der Waals surface area contributed by atoms with Gasteiger partial charge in [0, 0.05) is 30.2 Å². The topological polar surface area (TPSA) is 53.7 Å². The fourth-order valence-electron chi connectivity index (χ4n) is 2.23. The summed E-state index contributed by atoms with van der Waals surface area (Å²) in [6.07, 6.45) is 0.432. The summed E-state index contributed by atoms with van der Waals surface area (Å²) in [4.78, 5) is 0. The molecule has 0 aromatic heterocycles. The molecule has 2 aromatic carbocycles. The molecule has 2 aromatic rings. The largest absolute Gasteiger partial charge is 0.490 e. The van der Waals surface area contributed by atoms with Crippen LogP contribution in [-0.2, 0) is 6.61 Å². The van der Waals surface area contributed by atoms with Crippen LogP contribution in [0.15, 0.2) is 24.3 Å². The third kappa shape index (κ3) is 3.28. The van der Waals surface area contributed by atoms with Crippen molar-refractivity contribution in [2.75, 3.05) is 18.9 Å². The fourth-order valence-corrected chi connectivity index (χ4v) is 2.23. The van der Waals surface area contributed by atoms with E-state index in [1.165, 1.54) is 6.07 Å². The van der Waals surface area contributed by atoms with Crippen molar-refractivity contribution >= 4 is 5.69 Å². The van der Waals surface area contributed by atoms with Gasteiger partial charge < -0.3 is 19.9 Å². The Morgan fingerprint density at radius 2 is 1.57 bits per heavy atom. The molecule has 0 saturated carbocycles. The predicted octanol–water partition coefficient (Wildman–Crippen LogP) is 3.43. The molecule has 0 amide bonds. The highest BCUT2D eigenvalue weighted by atomic mass is 19.1. The van der Waals surface area contributed by atoms with Crippen molar-refractivity contribution in [2.45, 2.75) is 13.0 Å². The Morgan fingerprint density at radius 1 is 0.826 bits per heavy atom. The van der Waals surface area contributed by atoms with Gasteiger partial charge >= 0.3 is 0 Å². The first-order valence-corrected chi connectivity index (χ1v) is 7.00. The normalized spacial score (nSPS) is 14.4. The Hall–Kier alpha value is -2.57. The lowest BCUT2D eigenvalue weighted by atomic mass is 10.2. The number of hydrogen-bond donors (Lipinski definition) is 1. The van der Waals surface area contributed by atoms with Crippen molar-refractivity contribution in [1.82, 2.24) is 0 Å². The second-order valence-electron chi connectivity index (χ2n) is 5.04. The summed E-state index contributed by atoms with van der Waals surface area (Å²) in [6, 6.07) is 4.27. The van der Waals surface area contributed by atoms with E-state index in [1.807, 2.05) is 0 Å². The number of fused-ring (bicyclic) bond motifs is 2. The summed E-state index contributed by atoms with van der Waals surface area (Å²) in [7, 11) is 0. The molecule has 1 aliphatic rings. The quantitative estimate of drug-likeness (QED) is 0.754. The lowest BCUT2D eigenvalue weighted by molar-refractivity contribution is 0.238. The predicted molar refractivity (Wildman–Crippen MR) is 77.1 cm³/mol. The number of nitrogen functional groups attached to an aromatic ring is 1.